The van der Waals surface area contributed by atoms with Crippen molar-refractivity contribution in [2.45, 2.75) is 20.0 Å². The first-order chi connectivity index (χ1) is 8.52. The summed E-state index contributed by atoms with van der Waals surface area (Å²) in [6.45, 7) is 3.79. The van der Waals surface area contributed by atoms with Crippen LogP contribution in [0.5, 0.6) is 0 Å². The zero-order valence-corrected chi connectivity index (χ0v) is 11.2. The van der Waals surface area contributed by atoms with Crippen LogP contribution >= 0.6 is 7.60 Å². The van der Waals surface area contributed by atoms with Crippen LogP contribution in [-0.2, 0) is 19.8 Å². The SMILES string of the molecule is CCOP(=O)(Cc1ncccc1C(=O)[O-])OCC. The minimum Gasteiger partial charge on any atom is -0.545 e. The summed E-state index contributed by atoms with van der Waals surface area (Å²) in [4.78, 5) is 14.8. The number of carboxylic acid groups (broad SMARTS) is 1. The Kier molecular flexibility index (Phi) is 5.47. The molecule has 1 heterocycles. The minimum absolute atomic E-state index is 0.0999. The van der Waals surface area contributed by atoms with E-state index in [1.807, 2.05) is 0 Å². The summed E-state index contributed by atoms with van der Waals surface area (Å²) in [5, 5.41) is 10.9. The van der Waals surface area contributed by atoms with Gasteiger partial charge in [0.15, 0.2) is 0 Å². The van der Waals surface area contributed by atoms with Crippen LogP contribution in [0.2, 0.25) is 0 Å². The van der Waals surface area contributed by atoms with Crippen molar-refractivity contribution in [1.29, 1.82) is 0 Å². The third-order valence-corrected chi connectivity index (χ3v) is 4.10. The van der Waals surface area contributed by atoms with E-state index in [9.17, 15) is 14.5 Å². The summed E-state index contributed by atoms with van der Waals surface area (Å²) < 4.78 is 22.4. The maximum Gasteiger partial charge on any atom is 0.336 e. The van der Waals surface area contributed by atoms with Gasteiger partial charge in [0.1, 0.15) is 0 Å². The van der Waals surface area contributed by atoms with Crippen LogP contribution in [0.4, 0.5) is 0 Å². The molecule has 0 unspecified atom stereocenters. The molecule has 0 N–H and O–H groups in total. The maximum atomic E-state index is 12.3. The largest absolute Gasteiger partial charge is 0.545 e. The lowest BCUT2D eigenvalue weighted by molar-refractivity contribution is -0.255. The van der Waals surface area contributed by atoms with E-state index in [0.29, 0.717) is 0 Å². The molecular weight excluding hydrogens is 257 g/mol. The summed E-state index contributed by atoms with van der Waals surface area (Å²) >= 11 is 0. The molecule has 0 aromatic carbocycles. The standard InChI is InChI=1S/C11H16NO5P/c1-3-16-18(15,17-4-2)8-10-9(11(13)14)6-5-7-12-10/h5-7H,3-4,8H2,1-2H3,(H,13,14)/p-1. The van der Waals surface area contributed by atoms with Crippen LogP contribution in [0.15, 0.2) is 18.3 Å². The lowest BCUT2D eigenvalue weighted by atomic mass is 10.2. The van der Waals surface area contributed by atoms with Gasteiger partial charge in [-0.2, -0.15) is 0 Å². The predicted octanol–water partition coefficient (Wildman–Crippen LogP) is 1.21. The van der Waals surface area contributed by atoms with E-state index in [1.165, 1.54) is 18.3 Å². The van der Waals surface area contributed by atoms with Gasteiger partial charge in [-0.3, -0.25) is 9.55 Å². The van der Waals surface area contributed by atoms with E-state index in [2.05, 4.69) is 4.98 Å². The van der Waals surface area contributed by atoms with E-state index in [4.69, 9.17) is 9.05 Å². The Morgan fingerprint density at radius 3 is 2.50 bits per heavy atom. The highest BCUT2D eigenvalue weighted by Gasteiger charge is 2.26. The van der Waals surface area contributed by atoms with Gasteiger partial charge in [-0.1, -0.05) is 0 Å². The van der Waals surface area contributed by atoms with Crippen LogP contribution in [0.1, 0.15) is 29.9 Å². The molecule has 0 bridgehead atoms. The molecule has 0 spiro atoms. The van der Waals surface area contributed by atoms with Crippen LogP contribution in [0, 0.1) is 0 Å². The maximum absolute atomic E-state index is 12.3. The fourth-order valence-corrected chi connectivity index (χ4v) is 3.12. The smallest absolute Gasteiger partial charge is 0.336 e. The molecule has 0 aliphatic heterocycles. The van der Waals surface area contributed by atoms with Crippen molar-refractivity contribution < 1.29 is 23.5 Å². The van der Waals surface area contributed by atoms with Crippen molar-refractivity contribution in [3.05, 3.63) is 29.6 Å². The van der Waals surface area contributed by atoms with Crippen molar-refractivity contribution in [2.24, 2.45) is 0 Å². The van der Waals surface area contributed by atoms with Crippen LogP contribution < -0.4 is 5.11 Å². The predicted molar refractivity (Wildman–Crippen MR) is 63.1 cm³/mol. The Labute approximate surface area is 105 Å². The normalized spacial score (nSPS) is 11.4. The van der Waals surface area contributed by atoms with Gasteiger partial charge in [-0.15, -0.1) is 0 Å². The van der Waals surface area contributed by atoms with Gasteiger partial charge in [0.05, 0.1) is 31.0 Å². The summed E-state index contributed by atoms with van der Waals surface area (Å²) in [6, 6.07) is 2.82. The summed E-state index contributed by atoms with van der Waals surface area (Å²) in [5.41, 5.74) is 0.0415. The summed E-state index contributed by atoms with van der Waals surface area (Å²) in [7, 11) is -3.36. The van der Waals surface area contributed by atoms with Crippen LogP contribution in [0.25, 0.3) is 0 Å². The number of nitrogens with zero attached hydrogens (tertiary/aromatic N) is 1. The lowest BCUT2D eigenvalue weighted by Crippen LogP contribution is -2.24. The monoisotopic (exact) mass is 272 g/mol. The molecule has 1 aromatic heterocycles. The second-order valence-electron chi connectivity index (χ2n) is 3.39. The first kappa shape index (κ1) is 14.8. The van der Waals surface area contributed by atoms with E-state index in [0.717, 1.165) is 0 Å². The molecule has 0 amide bonds. The molecule has 7 heteroatoms. The Hall–Kier alpha value is -1.23. The van der Waals surface area contributed by atoms with E-state index >= 15 is 0 Å². The Morgan fingerprint density at radius 2 is 2.00 bits per heavy atom. The van der Waals surface area contributed by atoms with Gasteiger partial charge in [-0.25, -0.2) is 0 Å². The molecule has 0 fully saturated rings. The number of aromatic carboxylic acids is 1. The van der Waals surface area contributed by atoms with Crippen LogP contribution in [-0.4, -0.2) is 24.2 Å². The van der Waals surface area contributed by atoms with Crippen molar-refractivity contribution in [3.8, 4) is 0 Å². The van der Waals surface area contributed by atoms with Crippen LogP contribution in [0.3, 0.4) is 0 Å². The number of hydrogen-bond acceptors (Lipinski definition) is 6. The van der Waals surface area contributed by atoms with Crippen molar-refractivity contribution in [1.82, 2.24) is 4.98 Å². The minimum atomic E-state index is -3.36. The second kappa shape index (κ2) is 6.64. The third kappa shape index (κ3) is 3.91. The molecule has 0 aliphatic rings. The quantitative estimate of drug-likeness (QED) is 0.693. The summed E-state index contributed by atoms with van der Waals surface area (Å²) in [6.07, 6.45) is 1.24. The Morgan fingerprint density at radius 1 is 1.39 bits per heavy atom. The number of rotatable bonds is 7. The molecule has 0 atom stereocenters. The first-order valence-corrected chi connectivity index (χ1v) is 7.28. The number of pyridine rings is 1. The van der Waals surface area contributed by atoms with E-state index < -0.39 is 13.6 Å². The number of carbonyl (C=O) groups is 1. The number of carbonyl (C=O) groups excluding carboxylic acids is 1. The van der Waals surface area contributed by atoms with Gasteiger partial charge < -0.3 is 18.9 Å². The van der Waals surface area contributed by atoms with Crippen molar-refractivity contribution in [3.63, 3.8) is 0 Å². The van der Waals surface area contributed by atoms with Crippen molar-refractivity contribution in [2.75, 3.05) is 13.2 Å². The van der Waals surface area contributed by atoms with Crippen molar-refractivity contribution >= 4 is 13.6 Å². The molecule has 0 aliphatic carbocycles. The molecule has 1 rings (SSSR count). The fraction of sp³-hybridized carbons (Fsp3) is 0.455. The lowest BCUT2D eigenvalue weighted by Gasteiger charge is -2.18. The van der Waals surface area contributed by atoms with Gasteiger partial charge in [-0.05, 0) is 26.0 Å². The zero-order chi connectivity index (χ0) is 13.6. The topological polar surface area (TPSA) is 88.5 Å². The number of carboxylic acids is 1. The van der Waals surface area contributed by atoms with Gasteiger partial charge >= 0.3 is 7.60 Å². The first-order valence-electron chi connectivity index (χ1n) is 5.55. The highest BCUT2D eigenvalue weighted by Crippen LogP contribution is 2.51. The summed E-state index contributed by atoms with van der Waals surface area (Å²) in [5.74, 6) is -1.36. The van der Waals surface area contributed by atoms with Gasteiger partial charge in [0.25, 0.3) is 0 Å². The molecular formula is C11H15NO5P-. The highest BCUT2D eigenvalue weighted by molar-refractivity contribution is 7.53. The van der Waals surface area contributed by atoms with Gasteiger partial charge in [0.2, 0.25) is 0 Å². The molecule has 0 radical (unpaired) electrons. The fourth-order valence-electron chi connectivity index (χ4n) is 1.46. The zero-order valence-electron chi connectivity index (χ0n) is 10.3. The average molecular weight is 272 g/mol. The molecule has 18 heavy (non-hydrogen) atoms. The molecule has 0 saturated heterocycles. The van der Waals surface area contributed by atoms with Gasteiger partial charge in [0, 0.05) is 11.8 Å². The Balaban J connectivity index is 3.01. The number of hydrogen-bond donors (Lipinski definition) is 0. The third-order valence-electron chi connectivity index (χ3n) is 2.11. The van der Waals surface area contributed by atoms with E-state index in [1.54, 1.807) is 13.8 Å². The molecule has 100 valence electrons. The average Bonchev–Trinajstić information content (AvgIpc) is 2.29. The Bertz CT molecular complexity index is 453. The second-order valence-corrected chi connectivity index (χ2v) is 5.44. The molecule has 6 nitrogen and oxygen atoms in total. The molecule has 1 aromatic rings. The van der Waals surface area contributed by atoms with E-state index in [-0.39, 0.29) is 30.6 Å². The molecule has 0 saturated carbocycles. The number of aromatic nitrogens is 1. The highest BCUT2D eigenvalue weighted by atomic mass is 31.2.